The average Bonchev–Trinajstić information content (AvgIpc) is 2.37. The van der Waals surface area contributed by atoms with Gasteiger partial charge in [-0.05, 0) is 24.3 Å². The largest absolute Gasteiger partial charge is 0.397 e. The number of hydrogen-bond donors (Lipinski definition) is 2. The number of halogens is 3. The SMILES string of the molecule is Nc1cccc(Cl)c1NC(=O)c1cccc(F)c1Cl. The quantitative estimate of drug-likeness (QED) is 0.824. The van der Waals surface area contributed by atoms with E-state index in [1.54, 1.807) is 18.2 Å². The van der Waals surface area contributed by atoms with Gasteiger partial charge in [-0.25, -0.2) is 4.39 Å². The summed E-state index contributed by atoms with van der Waals surface area (Å²) in [6.45, 7) is 0. The number of carbonyl (C=O) groups is 1. The number of hydrogen-bond acceptors (Lipinski definition) is 2. The topological polar surface area (TPSA) is 55.1 Å². The van der Waals surface area contributed by atoms with Crippen LogP contribution >= 0.6 is 23.2 Å². The molecule has 19 heavy (non-hydrogen) atoms. The van der Waals surface area contributed by atoms with E-state index >= 15 is 0 Å². The third kappa shape index (κ3) is 2.80. The molecule has 0 bridgehead atoms. The van der Waals surface area contributed by atoms with Gasteiger partial charge in [-0.2, -0.15) is 0 Å². The van der Waals surface area contributed by atoms with Crippen LogP contribution in [0.5, 0.6) is 0 Å². The Morgan fingerprint density at radius 3 is 2.53 bits per heavy atom. The maximum atomic E-state index is 13.3. The van der Waals surface area contributed by atoms with Gasteiger partial charge in [0, 0.05) is 0 Å². The molecule has 0 aliphatic heterocycles. The Kier molecular flexibility index (Phi) is 3.93. The predicted molar refractivity (Wildman–Crippen MR) is 75.2 cm³/mol. The smallest absolute Gasteiger partial charge is 0.257 e. The van der Waals surface area contributed by atoms with Gasteiger partial charge in [-0.1, -0.05) is 35.3 Å². The molecule has 3 N–H and O–H groups in total. The van der Waals surface area contributed by atoms with Crippen molar-refractivity contribution < 1.29 is 9.18 Å². The number of nitrogens with one attached hydrogen (secondary N) is 1. The van der Waals surface area contributed by atoms with E-state index in [1.165, 1.54) is 18.2 Å². The van der Waals surface area contributed by atoms with Gasteiger partial charge in [0.2, 0.25) is 0 Å². The maximum Gasteiger partial charge on any atom is 0.257 e. The number of benzene rings is 2. The lowest BCUT2D eigenvalue weighted by molar-refractivity contribution is 0.102. The molecule has 0 spiro atoms. The third-order valence-electron chi connectivity index (χ3n) is 2.48. The van der Waals surface area contributed by atoms with Crippen LogP contribution in [0.25, 0.3) is 0 Å². The predicted octanol–water partition coefficient (Wildman–Crippen LogP) is 3.97. The monoisotopic (exact) mass is 298 g/mol. The second-order valence-corrected chi connectivity index (χ2v) is 4.54. The Hall–Kier alpha value is -1.78. The van der Waals surface area contributed by atoms with Crippen molar-refractivity contribution in [2.75, 3.05) is 11.1 Å². The molecule has 0 radical (unpaired) electrons. The molecule has 98 valence electrons. The number of para-hydroxylation sites is 1. The molecule has 2 rings (SSSR count). The summed E-state index contributed by atoms with van der Waals surface area (Å²) < 4.78 is 13.3. The van der Waals surface area contributed by atoms with E-state index in [9.17, 15) is 9.18 Å². The molecular weight excluding hydrogens is 290 g/mol. The lowest BCUT2D eigenvalue weighted by Crippen LogP contribution is -2.14. The standard InChI is InChI=1S/C13H9Cl2FN2O/c14-8-4-2-6-10(17)12(8)18-13(19)7-3-1-5-9(16)11(7)15/h1-6H,17H2,(H,18,19). The zero-order valence-corrected chi connectivity index (χ0v) is 11.1. The fourth-order valence-corrected chi connectivity index (χ4v) is 1.97. The first-order valence-electron chi connectivity index (χ1n) is 5.30. The van der Waals surface area contributed by atoms with Crippen molar-refractivity contribution in [1.29, 1.82) is 0 Å². The number of amides is 1. The first-order valence-corrected chi connectivity index (χ1v) is 6.05. The van der Waals surface area contributed by atoms with Crippen molar-refractivity contribution in [1.82, 2.24) is 0 Å². The van der Waals surface area contributed by atoms with Crippen LogP contribution in [0.15, 0.2) is 36.4 Å². The molecule has 0 unspecified atom stereocenters. The van der Waals surface area contributed by atoms with Crippen LogP contribution < -0.4 is 11.1 Å². The van der Waals surface area contributed by atoms with Gasteiger partial charge in [0.05, 0.1) is 27.0 Å². The fourth-order valence-electron chi connectivity index (χ4n) is 1.53. The summed E-state index contributed by atoms with van der Waals surface area (Å²) in [6.07, 6.45) is 0. The summed E-state index contributed by atoms with van der Waals surface area (Å²) >= 11 is 11.7. The van der Waals surface area contributed by atoms with Gasteiger partial charge in [0.15, 0.2) is 0 Å². The van der Waals surface area contributed by atoms with Crippen LogP contribution in [0.1, 0.15) is 10.4 Å². The van der Waals surface area contributed by atoms with Crippen LogP contribution in [0.3, 0.4) is 0 Å². The average molecular weight is 299 g/mol. The zero-order chi connectivity index (χ0) is 14.0. The first kappa shape index (κ1) is 13.6. The number of nitrogens with two attached hydrogens (primary N) is 1. The molecule has 6 heteroatoms. The second kappa shape index (κ2) is 5.47. The molecule has 0 fully saturated rings. The highest BCUT2D eigenvalue weighted by Gasteiger charge is 2.15. The Bertz CT molecular complexity index is 626. The first-order chi connectivity index (χ1) is 9.00. The van der Waals surface area contributed by atoms with E-state index < -0.39 is 11.7 Å². The Morgan fingerprint density at radius 1 is 1.16 bits per heavy atom. The highest BCUT2D eigenvalue weighted by molar-refractivity contribution is 6.36. The van der Waals surface area contributed by atoms with Crippen LogP contribution in [-0.4, -0.2) is 5.91 Å². The summed E-state index contributed by atoms with van der Waals surface area (Å²) in [4.78, 5) is 12.0. The second-order valence-electron chi connectivity index (χ2n) is 3.76. The number of anilines is 2. The van der Waals surface area contributed by atoms with Crippen LogP contribution in [-0.2, 0) is 0 Å². The Morgan fingerprint density at radius 2 is 1.84 bits per heavy atom. The van der Waals surface area contributed by atoms with Crippen molar-refractivity contribution in [3.63, 3.8) is 0 Å². The molecule has 0 aliphatic rings. The van der Waals surface area contributed by atoms with Crippen LogP contribution in [0.2, 0.25) is 10.0 Å². The molecule has 2 aromatic carbocycles. The van der Waals surface area contributed by atoms with Gasteiger partial charge in [0.25, 0.3) is 5.91 Å². The normalized spacial score (nSPS) is 10.3. The van der Waals surface area contributed by atoms with Crippen LogP contribution in [0, 0.1) is 5.82 Å². The lowest BCUT2D eigenvalue weighted by Gasteiger charge is -2.10. The molecule has 0 saturated heterocycles. The number of nitrogen functional groups attached to an aromatic ring is 1. The van der Waals surface area contributed by atoms with Gasteiger partial charge >= 0.3 is 0 Å². The summed E-state index contributed by atoms with van der Waals surface area (Å²) in [6, 6.07) is 8.81. The summed E-state index contributed by atoms with van der Waals surface area (Å²) in [7, 11) is 0. The summed E-state index contributed by atoms with van der Waals surface area (Å²) in [5.41, 5.74) is 6.31. The lowest BCUT2D eigenvalue weighted by atomic mass is 10.2. The van der Waals surface area contributed by atoms with E-state index in [-0.39, 0.29) is 16.3 Å². The maximum absolute atomic E-state index is 13.3. The third-order valence-corrected chi connectivity index (χ3v) is 3.18. The minimum Gasteiger partial charge on any atom is -0.397 e. The van der Waals surface area contributed by atoms with Crippen molar-refractivity contribution in [3.8, 4) is 0 Å². The van der Waals surface area contributed by atoms with Crippen molar-refractivity contribution in [2.24, 2.45) is 0 Å². The fraction of sp³-hybridized carbons (Fsp3) is 0. The molecule has 0 heterocycles. The molecule has 0 aliphatic carbocycles. The van der Waals surface area contributed by atoms with Crippen LogP contribution in [0.4, 0.5) is 15.8 Å². The number of carbonyl (C=O) groups excluding carboxylic acids is 1. The number of rotatable bonds is 2. The van der Waals surface area contributed by atoms with Gasteiger partial charge in [-0.15, -0.1) is 0 Å². The summed E-state index contributed by atoms with van der Waals surface area (Å²) in [5.74, 6) is -1.24. The minimum atomic E-state index is -0.665. The van der Waals surface area contributed by atoms with Gasteiger partial charge < -0.3 is 11.1 Å². The van der Waals surface area contributed by atoms with Gasteiger partial charge in [0.1, 0.15) is 5.82 Å². The highest BCUT2D eigenvalue weighted by atomic mass is 35.5. The van der Waals surface area contributed by atoms with E-state index in [1.807, 2.05) is 0 Å². The molecule has 2 aromatic rings. The molecule has 0 saturated carbocycles. The Balaban J connectivity index is 2.34. The van der Waals surface area contributed by atoms with E-state index in [2.05, 4.69) is 5.32 Å². The van der Waals surface area contributed by atoms with E-state index in [4.69, 9.17) is 28.9 Å². The van der Waals surface area contributed by atoms with Gasteiger partial charge in [-0.3, -0.25) is 4.79 Å². The van der Waals surface area contributed by atoms with Crippen molar-refractivity contribution in [3.05, 3.63) is 57.8 Å². The molecule has 3 nitrogen and oxygen atoms in total. The molecule has 0 aromatic heterocycles. The molecule has 1 amide bonds. The zero-order valence-electron chi connectivity index (χ0n) is 9.58. The molecular formula is C13H9Cl2FN2O. The minimum absolute atomic E-state index is 0.0148. The van der Waals surface area contributed by atoms with E-state index in [0.717, 1.165) is 0 Å². The summed E-state index contributed by atoms with van der Waals surface area (Å²) in [5, 5.41) is 2.56. The van der Waals surface area contributed by atoms with Crippen molar-refractivity contribution >= 4 is 40.5 Å². The highest BCUT2D eigenvalue weighted by Crippen LogP contribution is 2.29. The van der Waals surface area contributed by atoms with E-state index in [0.29, 0.717) is 10.7 Å². The Labute approximate surface area is 119 Å². The molecule has 0 atom stereocenters. The van der Waals surface area contributed by atoms with Crippen molar-refractivity contribution in [2.45, 2.75) is 0 Å².